The second-order valence-electron chi connectivity index (χ2n) is 4.32. The Kier molecular flexibility index (Phi) is 4.23. The number of carbonyl (C=O) groups excluding carboxylic acids is 1. The zero-order valence-corrected chi connectivity index (χ0v) is 11.1. The van der Waals surface area contributed by atoms with Gasteiger partial charge in [-0.05, 0) is 31.0 Å². The Bertz CT molecular complexity index is 597. The molecule has 0 aromatic heterocycles. The number of aliphatic carboxylic acids is 1. The first-order chi connectivity index (χ1) is 9.51. The molecule has 0 unspecified atom stereocenters. The molecule has 0 aliphatic carbocycles. The van der Waals surface area contributed by atoms with Crippen molar-refractivity contribution in [3.05, 3.63) is 28.8 Å². The summed E-state index contributed by atoms with van der Waals surface area (Å²) in [7, 11) is 0. The number of rotatable bonds is 3. The Balaban J connectivity index is 2.02. The van der Waals surface area contributed by atoms with E-state index in [1.807, 2.05) is 6.07 Å². The molecule has 2 N–H and O–H groups in total. The lowest BCUT2D eigenvalue weighted by Gasteiger charge is -2.12. The molecule has 0 bridgehead atoms. The molecule has 0 spiro atoms. The number of anilines is 1. The summed E-state index contributed by atoms with van der Waals surface area (Å²) in [5.74, 6) is -1.50. The number of hydrogen-bond acceptors (Lipinski definition) is 4. The maximum atomic E-state index is 11.9. The third-order valence-corrected chi connectivity index (χ3v) is 3.27. The van der Waals surface area contributed by atoms with Crippen LogP contribution in [0, 0.1) is 11.3 Å². The Labute approximate surface area is 119 Å². The predicted octanol–water partition coefficient (Wildman–Crippen LogP) is 1.78. The Morgan fingerprint density at radius 3 is 2.70 bits per heavy atom. The molecule has 2 atom stereocenters. The van der Waals surface area contributed by atoms with Gasteiger partial charge in [-0.25, -0.2) is 4.79 Å². The lowest BCUT2D eigenvalue weighted by Crippen LogP contribution is -2.29. The van der Waals surface area contributed by atoms with E-state index in [1.165, 1.54) is 12.1 Å². The highest BCUT2D eigenvalue weighted by Gasteiger charge is 2.34. The van der Waals surface area contributed by atoms with E-state index in [4.69, 9.17) is 26.7 Å². The number of carbonyl (C=O) groups is 2. The van der Waals surface area contributed by atoms with Gasteiger partial charge in [0.05, 0.1) is 10.6 Å². The van der Waals surface area contributed by atoms with Crippen LogP contribution in [0.5, 0.6) is 0 Å². The van der Waals surface area contributed by atoms with Crippen LogP contribution in [0.2, 0.25) is 5.02 Å². The molecule has 7 heteroatoms. The van der Waals surface area contributed by atoms with Crippen molar-refractivity contribution in [2.75, 3.05) is 5.32 Å². The largest absolute Gasteiger partial charge is 0.479 e. The van der Waals surface area contributed by atoms with E-state index in [2.05, 4.69) is 5.32 Å². The van der Waals surface area contributed by atoms with Crippen LogP contribution in [0.3, 0.4) is 0 Å². The van der Waals surface area contributed by atoms with Gasteiger partial charge < -0.3 is 15.2 Å². The molecule has 1 heterocycles. The summed E-state index contributed by atoms with van der Waals surface area (Å²) in [5.41, 5.74) is 0.665. The Morgan fingerprint density at radius 1 is 1.40 bits per heavy atom. The second-order valence-corrected chi connectivity index (χ2v) is 4.73. The molecule has 1 aromatic carbocycles. The zero-order valence-electron chi connectivity index (χ0n) is 10.3. The van der Waals surface area contributed by atoms with E-state index in [1.54, 1.807) is 6.07 Å². The van der Waals surface area contributed by atoms with Crippen LogP contribution >= 0.6 is 11.6 Å². The normalized spacial score (nSPS) is 21.2. The molecular formula is C13H11ClN2O4. The fourth-order valence-corrected chi connectivity index (χ4v) is 2.08. The quantitative estimate of drug-likeness (QED) is 0.885. The molecule has 20 heavy (non-hydrogen) atoms. The van der Waals surface area contributed by atoms with Crippen LogP contribution in [-0.2, 0) is 14.3 Å². The van der Waals surface area contributed by atoms with Crippen LogP contribution < -0.4 is 5.32 Å². The first-order valence-corrected chi connectivity index (χ1v) is 6.28. The topological polar surface area (TPSA) is 99.4 Å². The van der Waals surface area contributed by atoms with Crippen LogP contribution in [0.4, 0.5) is 5.69 Å². The molecule has 2 rings (SSSR count). The third-order valence-electron chi connectivity index (χ3n) is 2.94. The van der Waals surface area contributed by atoms with E-state index in [-0.39, 0.29) is 5.56 Å². The summed E-state index contributed by atoms with van der Waals surface area (Å²) in [6, 6.07) is 6.42. The van der Waals surface area contributed by atoms with Crippen LogP contribution in [0.15, 0.2) is 18.2 Å². The molecule has 104 valence electrons. The van der Waals surface area contributed by atoms with Crippen molar-refractivity contribution >= 4 is 29.2 Å². The molecular weight excluding hydrogens is 284 g/mol. The number of carboxylic acid groups (broad SMARTS) is 1. The van der Waals surface area contributed by atoms with Crippen molar-refractivity contribution in [2.24, 2.45) is 0 Å². The van der Waals surface area contributed by atoms with Crippen molar-refractivity contribution in [3.8, 4) is 6.07 Å². The molecule has 1 saturated heterocycles. The minimum Gasteiger partial charge on any atom is -0.479 e. The number of ether oxygens (including phenoxy) is 1. The van der Waals surface area contributed by atoms with Gasteiger partial charge >= 0.3 is 5.97 Å². The van der Waals surface area contributed by atoms with Gasteiger partial charge in [-0.1, -0.05) is 11.6 Å². The monoisotopic (exact) mass is 294 g/mol. The summed E-state index contributed by atoms with van der Waals surface area (Å²) in [6.07, 6.45) is -1.08. The Hall–Kier alpha value is -2.10. The highest BCUT2D eigenvalue weighted by Crippen LogP contribution is 2.23. The second kappa shape index (κ2) is 5.90. The van der Waals surface area contributed by atoms with Gasteiger partial charge in [-0.15, -0.1) is 0 Å². The summed E-state index contributed by atoms with van der Waals surface area (Å²) >= 11 is 5.79. The van der Waals surface area contributed by atoms with Crippen molar-refractivity contribution < 1.29 is 19.4 Å². The Morgan fingerprint density at radius 2 is 2.10 bits per heavy atom. The maximum Gasteiger partial charge on any atom is 0.332 e. The highest BCUT2D eigenvalue weighted by molar-refractivity contribution is 6.31. The molecule has 1 aliphatic rings. The average Bonchev–Trinajstić information content (AvgIpc) is 2.91. The molecule has 1 fully saturated rings. The van der Waals surface area contributed by atoms with Gasteiger partial charge in [-0.2, -0.15) is 5.26 Å². The van der Waals surface area contributed by atoms with Crippen molar-refractivity contribution in [2.45, 2.75) is 25.0 Å². The van der Waals surface area contributed by atoms with Gasteiger partial charge in [0.15, 0.2) is 6.10 Å². The molecule has 0 saturated carbocycles. The predicted molar refractivity (Wildman–Crippen MR) is 70.3 cm³/mol. The van der Waals surface area contributed by atoms with Crippen molar-refractivity contribution in [1.82, 2.24) is 0 Å². The zero-order chi connectivity index (χ0) is 14.7. The first-order valence-electron chi connectivity index (χ1n) is 5.90. The lowest BCUT2D eigenvalue weighted by molar-refractivity contribution is -0.150. The van der Waals surface area contributed by atoms with Gasteiger partial charge in [0.25, 0.3) is 5.91 Å². The minimum atomic E-state index is -1.07. The van der Waals surface area contributed by atoms with Gasteiger partial charge in [0, 0.05) is 5.69 Å². The summed E-state index contributed by atoms with van der Waals surface area (Å²) in [5, 5.41) is 20.5. The van der Waals surface area contributed by atoms with Crippen LogP contribution in [0.1, 0.15) is 18.4 Å². The number of nitrogens with one attached hydrogen (secondary N) is 1. The summed E-state index contributed by atoms with van der Waals surface area (Å²) in [4.78, 5) is 22.7. The number of nitriles is 1. The fourth-order valence-electron chi connectivity index (χ4n) is 1.92. The van der Waals surface area contributed by atoms with E-state index in [0.717, 1.165) is 0 Å². The molecule has 1 aromatic rings. The summed E-state index contributed by atoms with van der Waals surface area (Å²) < 4.78 is 5.13. The maximum absolute atomic E-state index is 11.9. The lowest BCUT2D eigenvalue weighted by atomic mass is 10.1. The van der Waals surface area contributed by atoms with E-state index in [9.17, 15) is 9.59 Å². The van der Waals surface area contributed by atoms with Crippen molar-refractivity contribution in [1.29, 1.82) is 5.26 Å². The van der Waals surface area contributed by atoms with Crippen molar-refractivity contribution in [3.63, 3.8) is 0 Å². The van der Waals surface area contributed by atoms with E-state index >= 15 is 0 Å². The summed E-state index contributed by atoms with van der Waals surface area (Å²) in [6.45, 7) is 0. The number of hydrogen-bond donors (Lipinski definition) is 2. The first kappa shape index (κ1) is 14.3. The fraction of sp³-hybridized carbons (Fsp3) is 0.308. The van der Waals surface area contributed by atoms with Crippen LogP contribution in [-0.4, -0.2) is 29.2 Å². The van der Waals surface area contributed by atoms with E-state index in [0.29, 0.717) is 23.6 Å². The number of carboxylic acids is 1. The highest BCUT2D eigenvalue weighted by atomic mass is 35.5. The molecule has 1 amide bonds. The number of amides is 1. The number of benzene rings is 1. The smallest absolute Gasteiger partial charge is 0.332 e. The van der Waals surface area contributed by atoms with Gasteiger partial charge in [-0.3, -0.25) is 4.79 Å². The molecule has 6 nitrogen and oxygen atoms in total. The minimum absolute atomic E-state index is 0.250. The van der Waals surface area contributed by atoms with E-state index < -0.39 is 24.1 Å². The van der Waals surface area contributed by atoms with Gasteiger partial charge in [0.1, 0.15) is 12.2 Å². The standard InChI is InChI=1S/C13H11ClN2O4/c14-9-2-1-8(5-7(9)6-15)16-12(17)10-3-4-11(20-10)13(18)19/h1-2,5,10-11H,3-4H2,(H,16,17)(H,18,19)/t10-,11+/m0/s1. The average molecular weight is 295 g/mol. The third kappa shape index (κ3) is 3.07. The molecule has 0 radical (unpaired) electrons. The van der Waals surface area contributed by atoms with Crippen LogP contribution in [0.25, 0.3) is 0 Å². The molecule has 1 aliphatic heterocycles. The SMILES string of the molecule is N#Cc1cc(NC(=O)[C@@H]2CC[C@H](C(=O)O)O2)ccc1Cl. The number of halogens is 1. The van der Waals surface area contributed by atoms with Gasteiger partial charge in [0.2, 0.25) is 0 Å². The number of nitrogens with zero attached hydrogens (tertiary/aromatic N) is 1.